The second kappa shape index (κ2) is 6.62. The molecule has 0 spiro atoms. The lowest BCUT2D eigenvalue weighted by Crippen LogP contribution is -2.24. The summed E-state index contributed by atoms with van der Waals surface area (Å²) in [6.45, 7) is 1.66. The molecule has 3 amide bonds. The van der Waals surface area contributed by atoms with Crippen LogP contribution in [0.5, 0.6) is 0 Å². The first-order valence-corrected chi connectivity index (χ1v) is 8.40. The highest BCUT2D eigenvalue weighted by molar-refractivity contribution is 8.14. The summed E-state index contributed by atoms with van der Waals surface area (Å²) in [6.07, 6.45) is 2.73. The van der Waals surface area contributed by atoms with Crippen molar-refractivity contribution in [2.45, 2.75) is 26.2 Å². The van der Waals surface area contributed by atoms with Gasteiger partial charge in [-0.05, 0) is 43.9 Å². The molecule has 7 heteroatoms. The lowest BCUT2D eigenvalue weighted by Gasteiger charge is -2.16. The average molecular weight is 333 g/mol. The third-order valence-corrected chi connectivity index (χ3v) is 4.96. The summed E-state index contributed by atoms with van der Waals surface area (Å²) >= 11 is 1.25. The number of benzene rings is 1. The Morgan fingerprint density at radius 1 is 1.43 bits per heavy atom. The SMILES string of the molecule is Cc1ccc(NC(=O)CSC2=NC(=O)N=C3CCCC32)cc1F. The molecule has 2 aliphatic rings. The Hall–Kier alpha value is -2.02. The topological polar surface area (TPSA) is 70.9 Å². The van der Waals surface area contributed by atoms with Gasteiger partial charge in [0.2, 0.25) is 5.91 Å². The highest BCUT2D eigenvalue weighted by atomic mass is 32.2. The highest BCUT2D eigenvalue weighted by Crippen LogP contribution is 2.31. The van der Waals surface area contributed by atoms with Crippen molar-refractivity contribution >= 4 is 40.1 Å². The fourth-order valence-electron chi connectivity index (χ4n) is 2.69. The molecule has 1 fully saturated rings. The van der Waals surface area contributed by atoms with Crippen LogP contribution in [-0.2, 0) is 4.79 Å². The van der Waals surface area contributed by atoms with E-state index in [0.29, 0.717) is 16.3 Å². The third-order valence-electron chi connectivity index (χ3n) is 3.88. The first-order valence-electron chi connectivity index (χ1n) is 7.42. The number of fused-ring (bicyclic) bond motifs is 1. The van der Waals surface area contributed by atoms with Crippen LogP contribution in [-0.4, -0.2) is 28.4 Å². The van der Waals surface area contributed by atoms with Gasteiger partial charge >= 0.3 is 6.03 Å². The van der Waals surface area contributed by atoms with Gasteiger partial charge in [-0.2, -0.15) is 4.99 Å². The lowest BCUT2D eigenvalue weighted by molar-refractivity contribution is -0.113. The van der Waals surface area contributed by atoms with Crippen molar-refractivity contribution in [2.75, 3.05) is 11.1 Å². The van der Waals surface area contributed by atoms with Crippen LogP contribution in [0.15, 0.2) is 28.2 Å². The molecule has 0 bridgehead atoms. The maximum absolute atomic E-state index is 13.5. The number of nitrogens with zero attached hydrogens (tertiary/aromatic N) is 2. The van der Waals surface area contributed by atoms with Gasteiger partial charge in [-0.25, -0.2) is 14.2 Å². The van der Waals surface area contributed by atoms with Crippen molar-refractivity contribution in [3.63, 3.8) is 0 Å². The van der Waals surface area contributed by atoms with E-state index in [2.05, 4.69) is 15.3 Å². The number of rotatable bonds is 3. The number of anilines is 1. The van der Waals surface area contributed by atoms with Crippen molar-refractivity contribution < 1.29 is 14.0 Å². The number of hydrogen-bond donors (Lipinski definition) is 1. The molecule has 3 rings (SSSR count). The zero-order valence-corrected chi connectivity index (χ0v) is 13.5. The number of nitrogens with one attached hydrogen (secondary N) is 1. The Balaban J connectivity index is 1.58. The van der Waals surface area contributed by atoms with Gasteiger partial charge < -0.3 is 5.32 Å². The Kier molecular flexibility index (Phi) is 4.56. The molecule has 1 aromatic carbocycles. The minimum absolute atomic E-state index is 0.0855. The maximum atomic E-state index is 13.5. The number of amides is 3. The standard InChI is InChI=1S/C16H16FN3O2S/c1-9-5-6-10(7-12(9)17)18-14(21)8-23-15-11-3-2-4-13(11)19-16(22)20-15/h5-7,11H,2-4,8H2,1H3,(H,18,21). The van der Waals surface area contributed by atoms with Crippen molar-refractivity contribution in [3.05, 3.63) is 29.6 Å². The normalized spacial score (nSPS) is 19.9. The summed E-state index contributed by atoms with van der Waals surface area (Å²) < 4.78 is 13.5. The van der Waals surface area contributed by atoms with Crippen molar-refractivity contribution in [2.24, 2.45) is 15.9 Å². The summed E-state index contributed by atoms with van der Waals surface area (Å²) in [5, 5.41) is 3.32. The van der Waals surface area contributed by atoms with Gasteiger partial charge in [0.1, 0.15) is 5.82 Å². The quantitative estimate of drug-likeness (QED) is 0.919. The number of carbonyl (C=O) groups is 2. The fraction of sp³-hybridized carbons (Fsp3) is 0.375. The maximum Gasteiger partial charge on any atom is 0.367 e. The average Bonchev–Trinajstić information content (AvgIpc) is 2.97. The molecule has 1 atom stereocenters. The van der Waals surface area contributed by atoms with Crippen LogP contribution in [0.2, 0.25) is 0 Å². The number of urea groups is 1. The van der Waals surface area contributed by atoms with E-state index in [-0.39, 0.29) is 23.4 Å². The first kappa shape index (κ1) is 15.9. The van der Waals surface area contributed by atoms with Gasteiger partial charge in [0, 0.05) is 17.3 Å². The fourth-order valence-corrected chi connectivity index (χ4v) is 3.64. The molecule has 1 N–H and O–H groups in total. The van der Waals surface area contributed by atoms with Crippen molar-refractivity contribution in [1.82, 2.24) is 0 Å². The molecule has 1 unspecified atom stereocenters. The second-order valence-electron chi connectivity index (χ2n) is 5.58. The molecular formula is C16H16FN3O2S. The molecule has 1 heterocycles. The van der Waals surface area contributed by atoms with E-state index in [1.807, 2.05) is 0 Å². The zero-order valence-electron chi connectivity index (χ0n) is 12.6. The van der Waals surface area contributed by atoms with Crippen LogP contribution in [0, 0.1) is 18.7 Å². The Morgan fingerprint density at radius 3 is 3.04 bits per heavy atom. The summed E-state index contributed by atoms with van der Waals surface area (Å²) in [7, 11) is 0. The Labute approximate surface area is 137 Å². The van der Waals surface area contributed by atoms with E-state index in [1.165, 1.54) is 17.8 Å². The van der Waals surface area contributed by atoms with Gasteiger partial charge in [-0.1, -0.05) is 17.8 Å². The van der Waals surface area contributed by atoms with Crippen LogP contribution in [0.4, 0.5) is 14.9 Å². The number of hydrogen-bond acceptors (Lipinski definition) is 3. The largest absolute Gasteiger partial charge is 0.367 e. The van der Waals surface area contributed by atoms with E-state index in [0.717, 1.165) is 25.0 Å². The van der Waals surface area contributed by atoms with Crippen molar-refractivity contribution in [3.8, 4) is 0 Å². The minimum atomic E-state index is -0.485. The smallest absolute Gasteiger partial charge is 0.325 e. The summed E-state index contributed by atoms with van der Waals surface area (Å²) in [4.78, 5) is 31.4. The Bertz CT molecular complexity index is 730. The van der Waals surface area contributed by atoms with E-state index in [4.69, 9.17) is 0 Å². The van der Waals surface area contributed by atoms with Gasteiger partial charge in [0.25, 0.3) is 0 Å². The van der Waals surface area contributed by atoms with Gasteiger partial charge in [0.05, 0.1) is 10.8 Å². The van der Waals surface area contributed by atoms with E-state index in [9.17, 15) is 14.0 Å². The molecule has 1 aliphatic carbocycles. The van der Waals surface area contributed by atoms with Crippen LogP contribution in [0.1, 0.15) is 24.8 Å². The molecule has 1 saturated carbocycles. The summed E-state index contributed by atoms with van der Waals surface area (Å²) in [5.74, 6) is -0.395. The number of thioether (sulfide) groups is 1. The molecule has 1 aromatic rings. The third kappa shape index (κ3) is 3.67. The van der Waals surface area contributed by atoms with E-state index < -0.39 is 6.03 Å². The molecule has 0 aromatic heterocycles. The molecule has 0 radical (unpaired) electrons. The highest BCUT2D eigenvalue weighted by Gasteiger charge is 2.32. The number of aliphatic imine (C=N–C) groups is 2. The molecule has 5 nitrogen and oxygen atoms in total. The minimum Gasteiger partial charge on any atom is -0.325 e. The first-order chi connectivity index (χ1) is 11.0. The molecule has 1 aliphatic heterocycles. The lowest BCUT2D eigenvalue weighted by atomic mass is 10.1. The Morgan fingerprint density at radius 2 is 2.26 bits per heavy atom. The van der Waals surface area contributed by atoms with Gasteiger partial charge in [-0.15, -0.1) is 0 Å². The predicted octanol–water partition coefficient (Wildman–Crippen LogP) is 3.58. The van der Waals surface area contributed by atoms with Crippen LogP contribution in [0.25, 0.3) is 0 Å². The van der Waals surface area contributed by atoms with Gasteiger partial charge in [-0.3, -0.25) is 4.79 Å². The number of halogens is 1. The monoisotopic (exact) mass is 333 g/mol. The molecular weight excluding hydrogens is 317 g/mol. The molecule has 120 valence electrons. The van der Waals surface area contributed by atoms with Crippen LogP contribution >= 0.6 is 11.8 Å². The van der Waals surface area contributed by atoms with Crippen LogP contribution in [0.3, 0.4) is 0 Å². The number of carbonyl (C=O) groups excluding carboxylic acids is 2. The van der Waals surface area contributed by atoms with E-state index in [1.54, 1.807) is 19.1 Å². The molecule has 23 heavy (non-hydrogen) atoms. The summed E-state index contributed by atoms with van der Waals surface area (Å²) in [6, 6.07) is 4.08. The summed E-state index contributed by atoms with van der Waals surface area (Å²) in [5.41, 5.74) is 1.83. The van der Waals surface area contributed by atoms with E-state index >= 15 is 0 Å². The second-order valence-corrected chi connectivity index (χ2v) is 6.58. The number of aryl methyl sites for hydroxylation is 1. The van der Waals surface area contributed by atoms with Crippen LogP contribution < -0.4 is 5.32 Å². The zero-order chi connectivity index (χ0) is 16.4. The predicted molar refractivity (Wildman–Crippen MR) is 89.8 cm³/mol. The molecule has 0 saturated heterocycles. The van der Waals surface area contributed by atoms with Crippen molar-refractivity contribution in [1.29, 1.82) is 0 Å². The van der Waals surface area contributed by atoms with Gasteiger partial charge in [0.15, 0.2) is 0 Å².